The Morgan fingerprint density at radius 2 is 1.11 bits per heavy atom. The van der Waals surface area contributed by atoms with Crippen molar-refractivity contribution in [3.05, 3.63) is 115 Å². The Hall–Kier alpha value is -6.31. The van der Waals surface area contributed by atoms with E-state index in [1.165, 1.54) is 6.07 Å². The third-order valence-corrected chi connectivity index (χ3v) is 8.27. The first-order valence-corrected chi connectivity index (χ1v) is 17.7. The van der Waals surface area contributed by atoms with Gasteiger partial charge in [-0.1, -0.05) is 49.6 Å². The molecule has 0 amide bonds. The van der Waals surface area contributed by atoms with Crippen molar-refractivity contribution in [1.82, 2.24) is 0 Å². The molecule has 0 saturated carbocycles. The van der Waals surface area contributed by atoms with Crippen molar-refractivity contribution in [1.29, 1.82) is 0 Å². The van der Waals surface area contributed by atoms with Gasteiger partial charge in [0, 0.05) is 17.7 Å². The number of fused-ring (bicyclic) bond motifs is 1. The average molecular weight is 779 g/mol. The van der Waals surface area contributed by atoms with Crippen LogP contribution in [0.25, 0.3) is 22.3 Å². The van der Waals surface area contributed by atoms with E-state index in [1.54, 1.807) is 36.4 Å². The zero-order valence-corrected chi connectivity index (χ0v) is 30.2. The van der Waals surface area contributed by atoms with Crippen LogP contribution >= 0.6 is 0 Å². The summed E-state index contributed by atoms with van der Waals surface area (Å²) >= 11 is 0. The molecule has 5 rings (SSSR count). The number of unbranched alkanes of at least 4 members (excludes halogenated alkanes) is 4. The summed E-state index contributed by atoms with van der Waals surface area (Å²) in [5.74, 6) is -5.52. The summed E-state index contributed by atoms with van der Waals surface area (Å²) in [5.41, 5.74) is 1.08. The lowest BCUT2D eigenvalue weighted by molar-refractivity contribution is -0.287. The lowest BCUT2D eigenvalue weighted by Crippen LogP contribution is -2.26. The number of ether oxygens (including phenoxy) is 7. The number of benzene rings is 4. The van der Waals surface area contributed by atoms with Gasteiger partial charge in [0.05, 0.1) is 32.0 Å². The Morgan fingerprint density at radius 1 is 0.607 bits per heavy atom. The van der Waals surface area contributed by atoms with Crippen LogP contribution in [0.3, 0.4) is 0 Å². The second-order valence-electron chi connectivity index (χ2n) is 12.3. The summed E-state index contributed by atoms with van der Waals surface area (Å²) in [7, 11) is 0. The van der Waals surface area contributed by atoms with Crippen molar-refractivity contribution in [2.45, 2.75) is 44.8 Å². The SMILES string of the molecule is C=CC(=O)OCCCCCCOc1ccc(OC(=O)c2cc(F)c(-c3ccc(-c4ccc(OCCCCOC(=O)C=C)cc4)cc3)cc2F)c2c1OC(F)(F)O2. The molecule has 0 unspecified atom stereocenters. The van der Waals surface area contributed by atoms with Gasteiger partial charge in [0.25, 0.3) is 0 Å². The van der Waals surface area contributed by atoms with Crippen LogP contribution in [0.4, 0.5) is 17.6 Å². The van der Waals surface area contributed by atoms with Gasteiger partial charge in [-0.05, 0) is 91.6 Å². The van der Waals surface area contributed by atoms with Crippen molar-refractivity contribution in [2.24, 2.45) is 0 Å². The predicted molar refractivity (Wildman–Crippen MR) is 196 cm³/mol. The molecular formula is C42H38F4O10. The number of rotatable bonds is 20. The van der Waals surface area contributed by atoms with Crippen LogP contribution in [-0.2, 0) is 19.1 Å². The molecule has 294 valence electrons. The van der Waals surface area contributed by atoms with E-state index in [0.717, 1.165) is 41.8 Å². The highest BCUT2D eigenvalue weighted by atomic mass is 19.3. The van der Waals surface area contributed by atoms with Crippen LogP contribution in [-0.4, -0.2) is 50.6 Å². The number of hydrogen-bond donors (Lipinski definition) is 0. The first kappa shape index (κ1) is 40.9. The monoisotopic (exact) mass is 778 g/mol. The third kappa shape index (κ3) is 11.1. The number of carbonyl (C=O) groups excluding carboxylic acids is 3. The summed E-state index contributed by atoms with van der Waals surface area (Å²) < 4.78 is 94.5. The lowest BCUT2D eigenvalue weighted by atomic mass is 9.99. The fourth-order valence-corrected chi connectivity index (χ4v) is 5.43. The Bertz CT molecular complexity index is 2030. The van der Waals surface area contributed by atoms with Crippen LogP contribution in [0.5, 0.6) is 28.7 Å². The molecule has 1 aliphatic rings. The summed E-state index contributed by atoms with van der Waals surface area (Å²) in [4.78, 5) is 35.2. The van der Waals surface area contributed by atoms with Crippen LogP contribution in [0.2, 0.25) is 0 Å². The minimum atomic E-state index is -4.11. The smallest absolute Gasteiger partial charge is 0.494 e. The largest absolute Gasteiger partial charge is 0.586 e. The van der Waals surface area contributed by atoms with Crippen LogP contribution in [0.15, 0.2) is 98.1 Å². The van der Waals surface area contributed by atoms with Crippen molar-refractivity contribution in [2.75, 3.05) is 26.4 Å². The van der Waals surface area contributed by atoms with Crippen molar-refractivity contribution < 1.29 is 65.1 Å². The van der Waals surface area contributed by atoms with Crippen LogP contribution < -0.4 is 23.7 Å². The third-order valence-electron chi connectivity index (χ3n) is 8.27. The highest BCUT2D eigenvalue weighted by molar-refractivity contribution is 5.93. The van der Waals surface area contributed by atoms with Crippen molar-refractivity contribution >= 4 is 17.9 Å². The molecule has 1 heterocycles. The number of hydrogen-bond acceptors (Lipinski definition) is 10. The van der Waals surface area contributed by atoms with Gasteiger partial charge in [-0.3, -0.25) is 0 Å². The van der Waals surface area contributed by atoms with E-state index in [9.17, 15) is 23.2 Å². The standard InChI is InChI=1S/C42H38F4O10/c1-3-37(47)52-23-8-6-5-7-22-51-35-19-20-36(40-39(35)55-42(45,46)56-40)54-41(49)32-26-33(43)31(25-34(32)44)29-13-11-27(12-14-29)28-15-17-30(18-16-28)50-21-9-10-24-53-38(48)4-2/h3-4,11-20,25-26H,1-2,5-10,21-24H2. The van der Waals surface area contributed by atoms with E-state index in [4.69, 9.17) is 23.7 Å². The van der Waals surface area contributed by atoms with Crippen LogP contribution in [0.1, 0.15) is 48.9 Å². The maximum atomic E-state index is 15.4. The maximum absolute atomic E-state index is 15.4. The highest BCUT2D eigenvalue weighted by Gasteiger charge is 2.47. The highest BCUT2D eigenvalue weighted by Crippen LogP contribution is 2.52. The van der Waals surface area contributed by atoms with Crippen molar-refractivity contribution in [3.8, 4) is 51.0 Å². The molecule has 0 saturated heterocycles. The van der Waals surface area contributed by atoms with E-state index < -0.39 is 58.6 Å². The molecule has 0 N–H and O–H groups in total. The van der Waals surface area contributed by atoms with Crippen LogP contribution in [0, 0.1) is 11.6 Å². The van der Waals surface area contributed by atoms with Gasteiger partial charge in [0.2, 0.25) is 11.5 Å². The summed E-state index contributed by atoms with van der Waals surface area (Å²) in [5, 5.41) is 0. The summed E-state index contributed by atoms with van der Waals surface area (Å²) in [6.07, 6.45) is 1.98. The molecule has 4 aromatic carbocycles. The molecule has 0 aromatic heterocycles. The minimum Gasteiger partial charge on any atom is -0.494 e. The first-order valence-electron chi connectivity index (χ1n) is 17.7. The average Bonchev–Trinajstić information content (AvgIpc) is 3.54. The molecule has 4 aromatic rings. The number of esters is 3. The molecule has 14 heteroatoms. The second-order valence-corrected chi connectivity index (χ2v) is 12.3. The number of carbonyl (C=O) groups is 3. The number of alkyl halides is 2. The van der Waals surface area contributed by atoms with Gasteiger partial charge in [0.15, 0.2) is 11.5 Å². The normalized spacial score (nSPS) is 12.4. The van der Waals surface area contributed by atoms with E-state index in [0.29, 0.717) is 56.1 Å². The molecule has 0 spiro atoms. The quantitative estimate of drug-likeness (QED) is 0.0283. The van der Waals surface area contributed by atoms with E-state index in [2.05, 4.69) is 22.6 Å². The lowest BCUT2D eigenvalue weighted by Gasteiger charge is -2.12. The van der Waals surface area contributed by atoms with Crippen molar-refractivity contribution in [3.63, 3.8) is 0 Å². The molecule has 0 atom stereocenters. The molecule has 56 heavy (non-hydrogen) atoms. The van der Waals surface area contributed by atoms with Gasteiger partial charge in [-0.15, -0.1) is 8.78 Å². The zero-order chi connectivity index (χ0) is 40.1. The van der Waals surface area contributed by atoms with Gasteiger partial charge >= 0.3 is 24.2 Å². The maximum Gasteiger partial charge on any atom is 0.586 e. The first-order chi connectivity index (χ1) is 27.0. The Balaban J connectivity index is 1.17. The Morgan fingerprint density at radius 3 is 1.73 bits per heavy atom. The van der Waals surface area contributed by atoms with Gasteiger partial charge in [-0.25, -0.2) is 23.2 Å². The zero-order valence-electron chi connectivity index (χ0n) is 30.2. The molecular weight excluding hydrogens is 740 g/mol. The molecule has 10 nitrogen and oxygen atoms in total. The topological polar surface area (TPSA) is 116 Å². The van der Waals surface area contributed by atoms with E-state index >= 15 is 8.78 Å². The second kappa shape index (κ2) is 19.3. The van der Waals surface area contributed by atoms with Gasteiger partial charge in [-0.2, -0.15) is 0 Å². The molecule has 0 bridgehead atoms. The molecule has 0 fully saturated rings. The van der Waals surface area contributed by atoms with E-state index in [-0.39, 0.29) is 31.1 Å². The molecule has 1 aliphatic heterocycles. The summed E-state index contributed by atoms with van der Waals surface area (Å²) in [6.45, 7) is 7.75. The van der Waals surface area contributed by atoms with Gasteiger partial charge in [0.1, 0.15) is 17.4 Å². The fraction of sp³-hybridized carbons (Fsp3) is 0.262. The Kier molecular flexibility index (Phi) is 14.1. The molecule has 0 aliphatic carbocycles. The summed E-state index contributed by atoms with van der Waals surface area (Å²) in [6, 6.07) is 17.8. The predicted octanol–water partition coefficient (Wildman–Crippen LogP) is 9.40. The number of halogens is 4. The van der Waals surface area contributed by atoms with E-state index in [1.807, 2.05) is 12.1 Å². The fourth-order valence-electron chi connectivity index (χ4n) is 5.43. The minimum absolute atomic E-state index is 0.107. The Labute approximate surface area is 320 Å². The van der Waals surface area contributed by atoms with Gasteiger partial charge < -0.3 is 33.2 Å². The molecule has 0 radical (unpaired) electrons.